The number of nitrogens with one attached hydrogen (secondary N) is 1. The Morgan fingerprint density at radius 3 is 2.80 bits per heavy atom. The van der Waals surface area contributed by atoms with Crippen LogP contribution in [0.25, 0.3) is 11.0 Å². The van der Waals surface area contributed by atoms with E-state index in [1.54, 1.807) is 18.0 Å². The van der Waals surface area contributed by atoms with Crippen LogP contribution in [0.1, 0.15) is 34.6 Å². The van der Waals surface area contributed by atoms with E-state index in [9.17, 15) is 4.79 Å². The summed E-state index contributed by atoms with van der Waals surface area (Å²) in [6.45, 7) is 11.9. The summed E-state index contributed by atoms with van der Waals surface area (Å²) in [7, 11) is 1.66. The average molecular weight is 349 g/mol. The molecule has 3 rings (SSSR count). The minimum absolute atomic E-state index is 0.0812. The average Bonchev–Trinajstić information content (AvgIpc) is 2.90. The lowest BCUT2D eigenvalue weighted by molar-refractivity contribution is -0.106. The number of hydrogen-bond acceptors (Lipinski definition) is 6. The van der Waals surface area contributed by atoms with Gasteiger partial charge < -0.3 is 14.4 Å². The van der Waals surface area contributed by atoms with Crippen LogP contribution < -0.4 is 10.5 Å². The maximum absolute atomic E-state index is 12.5. The van der Waals surface area contributed by atoms with Gasteiger partial charge in [0.15, 0.2) is 5.65 Å². The number of fused-ring (bicyclic) bond motifs is 1. The van der Waals surface area contributed by atoms with Gasteiger partial charge >= 0.3 is 0 Å². The summed E-state index contributed by atoms with van der Waals surface area (Å²) in [5, 5.41) is 4.86. The van der Waals surface area contributed by atoms with E-state index in [1.165, 1.54) is 0 Å². The second kappa shape index (κ2) is 6.10. The van der Waals surface area contributed by atoms with E-state index in [-0.39, 0.29) is 22.8 Å². The smallest absolute Gasteiger partial charge is 0.263 e. The lowest BCUT2D eigenvalue weighted by atomic mass is 10.1. The molecule has 8 heteroatoms. The molecule has 0 radical (unpaired) electrons. The van der Waals surface area contributed by atoms with Gasteiger partial charge in [0.2, 0.25) is 5.95 Å². The minimum Gasteiger partial charge on any atom is -0.382 e. The molecule has 138 valence electrons. The first-order valence-electron chi connectivity index (χ1n) is 8.51. The molecule has 1 aliphatic rings. The second-order valence-corrected chi connectivity index (χ2v) is 8.19. The van der Waals surface area contributed by atoms with E-state index >= 15 is 0 Å². The monoisotopic (exact) mass is 349 g/mol. The summed E-state index contributed by atoms with van der Waals surface area (Å²) in [5.41, 5.74) is -0.205. The van der Waals surface area contributed by atoms with E-state index in [0.29, 0.717) is 36.7 Å². The molecule has 3 heterocycles. The molecule has 1 N–H and O–H groups in total. The Morgan fingerprint density at radius 2 is 2.16 bits per heavy atom. The molecule has 0 bridgehead atoms. The third-order valence-corrected chi connectivity index (χ3v) is 4.19. The van der Waals surface area contributed by atoms with Crippen LogP contribution in [0.3, 0.4) is 0 Å². The maximum Gasteiger partial charge on any atom is 0.263 e. The van der Waals surface area contributed by atoms with Gasteiger partial charge in [-0.25, -0.2) is 4.68 Å². The topological polar surface area (TPSA) is 85.3 Å². The first-order valence-corrected chi connectivity index (χ1v) is 8.51. The van der Waals surface area contributed by atoms with E-state index in [2.05, 4.69) is 10.1 Å². The fraction of sp³-hybridized carbons (Fsp3) is 0.706. The molecule has 2 aromatic rings. The molecule has 1 fully saturated rings. The van der Waals surface area contributed by atoms with E-state index in [0.717, 1.165) is 0 Å². The highest BCUT2D eigenvalue weighted by atomic mass is 16.5. The molecule has 25 heavy (non-hydrogen) atoms. The number of aromatic nitrogens is 4. The standard InChI is InChI=1S/C17H27N5O3/c1-16(2,3)22-13-12(7-18-22)14(23)20-15(19-13)21-8-11(9-24-6)25-17(4,5)10-21/h7,11H,8-10H2,1-6H3,(H,19,20,23)/t11-/m0/s1. The summed E-state index contributed by atoms with van der Waals surface area (Å²) < 4.78 is 13.1. The SMILES string of the molecule is COC[C@@H]1CN(c2nc3c(cnn3C(C)(C)C)c(=O)[nH]2)CC(C)(C)O1. The van der Waals surface area contributed by atoms with Crippen molar-refractivity contribution < 1.29 is 9.47 Å². The molecular formula is C17H27N5O3. The van der Waals surface area contributed by atoms with Gasteiger partial charge in [-0.05, 0) is 34.6 Å². The van der Waals surface area contributed by atoms with Crippen molar-refractivity contribution in [3.63, 3.8) is 0 Å². The number of hydrogen-bond donors (Lipinski definition) is 1. The third-order valence-electron chi connectivity index (χ3n) is 4.19. The number of H-pyrrole nitrogens is 1. The Labute approximate surface area is 147 Å². The Hall–Kier alpha value is -1.93. The van der Waals surface area contributed by atoms with Crippen molar-refractivity contribution in [1.29, 1.82) is 0 Å². The van der Waals surface area contributed by atoms with Gasteiger partial charge in [0.1, 0.15) is 5.39 Å². The highest BCUT2D eigenvalue weighted by molar-refractivity contribution is 5.74. The van der Waals surface area contributed by atoms with Crippen molar-refractivity contribution >= 4 is 17.0 Å². The lowest BCUT2D eigenvalue weighted by Crippen LogP contribution is -2.54. The predicted molar refractivity (Wildman–Crippen MR) is 96.2 cm³/mol. The van der Waals surface area contributed by atoms with Gasteiger partial charge in [-0.3, -0.25) is 9.78 Å². The van der Waals surface area contributed by atoms with Crippen LogP contribution in [0.5, 0.6) is 0 Å². The molecule has 8 nitrogen and oxygen atoms in total. The maximum atomic E-state index is 12.5. The quantitative estimate of drug-likeness (QED) is 0.904. The molecule has 2 aromatic heterocycles. The third kappa shape index (κ3) is 3.55. The lowest BCUT2D eigenvalue weighted by Gasteiger charge is -2.42. The van der Waals surface area contributed by atoms with Crippen molar-refractivity contribution in [3.8, 4) is 0 Å². The number of nitrogens with zero attached hydrogens (tertiary/aromatic N) is 4. The largest absolute Gasteiger partial charge is 0.382 e. The van der Waals surface area contributed by atoms with Crippen LogP contribution in [-0.2, 0) is 15.0 Å². The fourth-order valence-electron chi connectivity index (χ4n) is 3.28. The molecule has 0 spiro atoms. The molecule has 0 amide bonds. The zero-order chi connectivity index (χ0) is 18.4. The fourth-order valence-corrected chi connectivity index (χ4v) is 3.28. The van der Waals surface area contributed by atoms with Crippen molar-refractivity contribution in [2.75, 3.05) is 31.7 Å². The van der Waals surface area contributed by atoms with Crippen LogP contribution in [0, 0.1) is 0 Å². The van der Waals surface area contributed by atoms with Crippen LogP contribution >= 0.6 is 0 Å². The Kier molecular flexibility index (Phi) is 4.36. The molecule has 1 atom stereocenters. The number of methoxy groups -OCH3 is 1. The second-order valence-electron chi connectivity index (χ2n) is 8.19. The minimum atomic E-state index is -0.362. The first-order chi connectivity index (χ1) is 11.6. The summed E-state index contributed by atoms with van der Waals surface area (Å²) in [4.78, 5) is 22.2. The normalized spacial score (nSPS) is 21.0. The van der Waals surface area contributed by atoms with E-state index in [4.69, 9.17) is 14.5 Å². The first kappa shape index (κ1) is 17.9. The van der Waals surface area contributed by atoms with Gasteiger partial charge in [0.05, 0.1) is 30.0 Å². The van der Waals surface area contributed by atoms with E-state index in [1.807, 2.05) is 39.5 Å². The Morgan fingerprint density at radius 1 is 1.44 bits per heavy atom. The molecule has 0 saturated carbocycles. The summed E-state index contributed by atoms with van der Waals surface area (Å²) in [6, 6.07) is 0. The number of morpholine rings is 1. The van der Waals surface area contributed by atoms with Gasteiger partial charge in [-0.1, -0.05) is 0 Å². The van der Waals surface area contributed by atoms with Crippen LogP contribution in [-0.4, -0.2) is 58.3 Å². The van der Waals surface area contributed by atoms with Crippen molar-refractivity contribution in [2.24, 2.45) is 0 Å². The molecule has 1 saturated heterocycles. The number of rotatable bonds is 3. The van der Waals surface area contributed by atoms with Crippen molar-refractivity contribution in [1.82, 2.24) is 19.7 Å². The number of ether oxygens (including phenoxy) is 2. The summed E-state index contributed by atoms with van der Waals surface area (Å²) >= 11 is 0. The van der Waals surface area contributed by atoms with Crippen LogP contribution in [0.15, 0.2) is 11.0 Å². The predicted octanol–water partition coefficient (Wildman–Crippen LogP) is 1.50. The van der Waals surface area contributed by atoms with Crippen LogP contribution in [0.2, 0.25) is 0 Å². The molecule has 0 aliphatic carbocycles. The Balaban J connectivity index is 2.04. The zero-order valence-electron chi connectivity index (χ0n) is 15.8. The van der Waals surface area contributed by atoms with Crippen molar-refractivity contribution in [2.45, 2.75) is 51.9 Å². The molecule has 0 aromatic carbocycles. The molecular weight excluding hydrogens is 322 g/mol. The van der Waals surface area contributed by atoms with E-state index < -0.39 is 0 Å². The molecule has 1 aliphatic heterocycles. The summed E-state index contributed by atoms with van der Waals surface area (Å²) in [6.07, 6.45) is 1.50. The number of aromatic amines is 1. The van der Waals surface area contributed by atoms with Gasteiger partial charge in [-0.2, -0.15) is 10.1 Å². The van der Waals surface area contributed by atoms with Crippen molar-refractivity contribution in [3.05, 3.63) is 16.6 Å². The Bertz CT molecular complexity index is 818. The highest BCUT2D eigenvalue weighted by Gasteiger charge is 2.35. The number of anilines is 1. The van der Waals surface area contributed by atoms with Crippen LogP contribution in [0.4, 0.5) is 5.95 Å². The van der Waals surface area contributed by atoms with Gasteiger partial charge in [-0.15, -0.1) is 0 Å². The molecule has 0 unspecified atom stereocenters. The highest BCUT2D eigenvalue weighted by Crippen LogP contribution is 2.25. The summed E-state index contributed by atoms with van der Waals surface area (Å²) in [5.74, 6) is 0.543. The zero-order valence-corrected chi connectivity index (χ0v) is 15.8. The van der Waals surface area contributed by atoms with Gasteiger partial charge in [0, 0.05) is 20.2 Å². The van der Waals surface area contributed by atoms with Gasteiger partial charge in [0.25, 0.3) is 5.56 Å².